The van der Waals surface area contributed by atoms with Crippen molar-refractivity contribution in [1.82, 2.24) is 5.32 Å². The van der Waals surface area contributed by atoms with Gasteiger partial charge in [0.05, 0.1) is 0 Å². The summed E-state index contributed by atoms with van der Waals surface area (Å²) in [6.45, 7) is 6.11. The Labute approximate surface area is 129 Å². The lowest BCUT2D eigenvalue weighted by Gasteiger charge is -2.19. The van der Waals surface area contributed by atoms with Crippen molar-refractivity contribution in [3.8, 4) is 11.5 Å². The normalized spacial score (nSPS) is 12.0. The Kier molecular flexibility index (Phi) is 5.67. The highest BCUT2D eigenvalue weighted by Crippen LogP contribution is 2.32. The summed E-state index contributed by atoms with van der Waals surface area (Å²) >= 11 is 0. The van der Waals surface area contributed by atoms with Gasteiger partial charge in [-0.1, -0.05) is 37.3 Å². The molecule has 0 aromatic heterocycles. The van der Waals surface area contributed by atoms with Crippen LogP contribution in [0.3, 0.4) is 0 Å². The summed E-state index contributed by atoms with van der Waals surface area (Å²) in [4.78, 5) is 0. The van der Waals surface area contributed by atoms with E-state index in [1.54, 1.807) is 30.3 Å². The largest absolute Gasteiger partial charge is 0.451 e. The van der Waals surface area contributed by atoms with Crippen LogP contribution in [0.15, 0.2) is 55.1 Å². The van der Waals surface area contributed by atoms with Crippen molar-refractivity contribution < 1.29 is 13.5 Å². The summed E-state index contributed by atoms with van der Waals surface area (Å²) in [6.07, 6.45) is 2.37. The summed E-state index contributed by atoms with van der Waals surface area (Å²) < 4.78 is 34.0. The fourth-order valence-electron chi connectivity index (χ4n) is 2.22. The number of hydrogen-bond acceptors (Lipinski definition) is 2. The molecule has 0 bridgehead atoms. The monoisotopic (exact) mass is 303 g/mol. The highest BCUT2D eigenvalue weighted by Gasteiger charge is 2.20. The van der Waals surface area contributed by atoms with E-state index in [4.69, 9.17) is 4.74 Å². The quantitative estimate of drug-likeness (QED) is 0.728. The average Bonchev–Trinajstić information content (AvgIpc) is 2.54. The number of nitrogens with one attached hydrogen (secondary N) is 1. The maximum absolute atomic E-state index is 14.7. The number of rotatable bonds is 7. The average molecular weight is 303 g/mol. The molecular formula is C18H19F2NO. The van der Waals surface area contributed by atoms with E-state index in [0.29, 0.717) is 24.3 Å². The molecule has 1 N–H and O–H groups in total. The number of hydrogen-bond donors (Lipinski definition) is 1. The van der Waals surface area contributed by atoms with Crippen molar-refractivity contribution >= 4 is 0 Å². The van der Waals surface area contributed by atoms with Crippen molar-refractivity contribution in [1.29, 1.82) is 0 Å². The molecule has 0 aliphatic rings. The Morgan fingerprint density at radius 2 is 1.91 bits per heavy atom. The third-order valence-electron chi connectivity index (χ3n) is 3.33. The molecule has 0 aliphatic carbocycles. The van der Waals surface area contributed by atoms with Gasteiger partial charge in [-0.2, -0.15) is 0 Å². The highest BCUT2D eigenvalue weighted by molar-refractivity contribution is 5.38. The van der Waals surface area contributed by atoms with Gasteiger partial charge in [0.2, 0.25) is 0 Å². The topological polar surface area (TPSA) is 21.3 Å². The zero-order chi connectivity index (χ0) is 15.9. The van der Waals surface area contributed by atoms with Crippen LogP contribution < -0.4 is 10.1 Å². The molecule has 1 unspecified atom stereocenters. The lowest BCUT2D eigenvalue weighted by atomic mass is 10.0. The van der Waals surface area contributed by atoms with Gasteiger partial charge in [0, 0.05) is 18.2 Å². The molecule has 4 heteroatoms. The Balaban J connectivity index is 2.34. The molecule has 0 amide bonds. The van der Waals surface area contributed by atoms with Gasteiger partial charge in [-0.05, 0) is 24.6 Å². The highest BCUT2D eigenvalue weighted by atomic mass is 19.1. The zero-order valence-corrected chi connectivity index (χ0v) is 12.5. The van der Waals surface area contributed by atoms with Crippen LogP contribution in [0, 0.1) is 11.6 Å². The van der Waals surface area contributed by atoms with Crippen molar-refractivity contribution in [2.24, 2.45) is 0 Å². The molecule has 0 fully saturated rings. The van der Waals surface area contributed by atoms with E-state index < -0.39 is 11.6 Å². The SMILES string of the molecule is C=CCNC(CC)c1ccc(F)c(Oc2ccccc2)c1F. The molecule has 2 nitrogen and oxygen atoms in total. The Bertz CT molecular complexity index is 628. The minimum absolute atomic E-state index is 0.225. The molecule has 0 aliphatic heterocycles. The van der Waals surface area contributed by atoms with Crippen LogP contribution in [0.4, 0.5) is 8.78 Å². The van der Waals surface area contributed by atoms with E-state index in [-0.39, 0.29) is 11.8 Å². The molecule has 2 rings (SSSR count). The van der Waals surface area contributed by atoms with Crippen molar-refractivity contribution in [2.75, 3.05) is 6.54 Å². The van der Waals surface area contributed by atoms with Gasteiger partial charge in [-0.3, -0.25) is 0 Å². The van der Waals surface area contributed by atoms with Gasteiger partial charge >= 0.3 is 0 Å². The minimum atomic E-state index is -0.719. The Hall–Kier alpha value is -2.20. The molecule has 0 spiro atoms. The first kappa shape index (κ1) is 16.2. The molecule has 2 aromatic rings. The standard InChI is InChI=1S/C18H19F2NO/c1-3-12-21-16(4-2)14-10-11-15(19)18(17(14)20)22-13-8-6-5-7-9-13/h3,5-11,16,21H,1,4,12H2,2H3. The first-order chi connectivity index (χ1) is 10.7. The number of ether oxygens (including phenoxy) is 1. The fraction of sp³-hybridized carbons (Fsp3) is 0.222. The van der Waals surface area contributed by atoms with Gasteiger partial charge in [0.25, 0.3) is 0 Å². The summed E-state index contributed by atoms with van der Waals surface area (Å²) in [5.41, 5.74) is 0.386. The smallest absolute Gasteiger partial charge is 0.198 e. The van der Waals surface area contributed by atoms with Crippen LogP contribution >= 0.6 is 0 Å². The van der Waals surface area contributed by atoms with Gasteiger partial charge < -0.3 is 10.1 Å². The predicted octanol–water partition coefficient (Wildman–Crippen LogP) is 4.98. The van der Waals surface area contributed by atoms with Gasteiger partial charge in [0.15, 0.2) is 17.4 Å². The van der Waals surface area contributed by atoms with Crippen LogP contribution in [0.5, 0.6) is 11.5 Å². The summed E-state index contributed by atoms with van der Waals surface area (Å²) in [5.74, 6) is -1.37. The maximum Gasteiger partial charge on any atom is 0.198 e. The second-order valence-electron chi connectivity index (χ2n) is 4.85. The fourth-order valence-corrected chi connectivity index (χ4v) is 2.22. The minimum Gasteiger partial charge on any atom is -0.451 e. The van der Waals surface area contributed by atoms with Gasteiger partial charge in [-0.15, -0.1) is 6.58 Å². The van der Waals surface area contributed by atoms with E-state index >= 15 is 0 Å². The number of benzene rings is 2. The van der Waals surface area contributed by atoms with E-state index in [1.807, 2.05) is 13.0 Å². The van der Waals surface area contributed by atoms with Crippen LogP contribution in [-0.2, 0) is 0 Å². The van der Waals surface area contributed by atoms with E-state index in [0.717, 1.165) is 0 Å². The first-order valence-electron chi connectivity index (χ1n) is 7.22. The molecule has 0 saturated carbocycles. The molecule has 116 valence electrons. The second-order valence-corrected chi connectivity index (χ2v) is 4.85. The van der Waals surface area contributed by atoms with Crippen LogP contribution in [0.1, 0.15) is 24.9 Å². The molecule has 2 aromatic carbocycles. The Morgan fingerprint density at radius 3 is 2.55 bits per heavy atom. The first-order valence-corrected chi connectivity index (χ1v) is 7.22. The third kappa shape index (κ3) is 3.71. The molecule has 0 heterocycles. The molecule has 22 heavy (non-hydrogen) atoms. The van der Waals surface area contributed by atoms with Crippen LogP contribution in [0.25, 0.3) is 0 Å². The summed E-state index contributed by atoms with van der Waals surface area (Å²) in [7, 11) is 0. The van der Waals surface area contributed by atoms with Gasteiger partial charge in [0.1, 0.15) is 5.75 Å². The maximum atomic E-state index is 14.7. The number of halogens is 2. The third-order valence-corrected chi connectivity index (χ3v) is 3.33. The molecule has 1 atom stereocenters. The molecule has 0 radical (unpaired) electrons. The van der Waals surface area contributed by atoms with Crippen LogP contribution in [0.2, 0.25) is 0 Å². The lowest BCUT2D eigenvalue weighted by Crippen LogP contribution is -2.22. The van der Waals surface area contributed by atoms with Crippen molar-refractivity contribution in [2.45, 2.75) is 19.4 Å². The van der Waals surface area contributed by atoms with E-state index in [1.165, 1.54) is 12.1 Å². The van der Waals surface area contributed by atoms with Gasteiger partial charge in [-0.25, -0.2) is 8.78 Å². The second kappa shape index (κ2) is 7.71. The lowest BCUT2D eigenvalue weighted by molar-refractivity contribution is 0.396. The molecular weight excluding hydrogens is 284 g/mol. The Morgan fingerprint density at radius 1 is 1.18 bits per heavy atom. The predicted molar refractivity (Wildman–Crippen MR) is 84.1 cm³/mol. The summed E-state index contributed by atoms with van der Waals surface area (Å²) in [6, 6.07) is 11.1. The molecule has 0 saturated heterocycles. The summed E-state index contributed by atoms with van der Waals surface area (Å²) in [5, 5.41) is 3.15. The number of para-hydroxylation sites is 1. The van der Waals surface area contributed by atoms with E-state index in [9.17, 15) is 8.78 Å². The van der Waals surface area contributed by atoms with Crippen molar-refractivity contribution in [3.63, 3.8) is 0 Å². The zero-order valence-electron chi connectivity index (χ0n) is 12.5. The van der Waals surface area contributed by atoms with E-state index in [2.05, 4.69) is 11.9 Å². The van der Waals surface area contributed by atoms with Crippen LogP contribution in [-0.4, -0.2) is 6.54 Å². The van der Waals surface area contributed by atoms with Crippen molar-refractivity contribution in [3.05, 3.63) is 72.3 Å².